The number of likely N-dealkylation sites (tertiary alicyclic amines) is 1. The molecule has 0 aromatic heterocycles. The van der Waals surface area contributed by atoms with Gasteiger partial charge >= 0.3 is 12.1 Å². The van der Waals surface area contributed by atoms with E-state index in [2.05, 4.69) is 0 Å². The minimum absolute atomic E-state index is 0.192. The topological polar surface area (TPSA) is 72.9 Å². The van der Waals surface area contributed by atoms with Gasteiger partial charge in [0.15, 0.2) is 0 Å². The van der Waals surface area contributed by atoms with E-state index >= 15 is 0 Å². The summed E-state index contributed by atoms with van der Waals surface area (Å²) < 4.78 is 9.88. The molecular weight excluding hydrogens is 238 g/mol. The minimum atomic E-state index is -0.877. The highest BCUT2D eigenvalue weighted by Crippen LogP contribution is 2.22. The molecule has 0 aromatic rings. The van der Waals surface area contributed by atoms with Crippen molar-refractivity contribution in [1.82, 2.24) is 4.90 Å². The number of amides is 2. The quantitative estimate of drug-likeness (QED) is 0.551. The molecule has 0 aliphatic carbocycles. The van der Waals surface area contributed by atoms with Crippen molar-refractivity contribution in [2.24, 2.45) is 5.92 Å². The Bertz CT molecular complexity index is 358. The highest BCUT2D eigenvalue weighted by molar-refractivity contribution is 6.05. The maximum atomic E-state index is 11.9. The van der Waals surface area contributed by atoms with Crippen molar-refractivity contribution in [1.29, 1.82) is 0 Å². The van der Waals surface area contributed by atoms with Gasteiger partial charge in [0.05, 0.1) is 6.61 Å². The average Bonchev–Trinajstić information content (AvgIpc) is 2.57. The first-order valence-electron chi connectivity index (χ1n) is 5.97. The summed E-state index contributed by atoms with van der Waals surface area (Å²) in [5, 5.41) is 0. The smallest absolute Gasteiger partial charge is 0.417 e. The van der Waals surface area contributed by atoms with Crippen LogP contribution in [0, 0.1) is 5.92 Å². The van der Waals surface area contributed by atoms with Crippen molar-refractivity contribution >= 4 is 18.0 Å². The fourth-order valence-electron chi connectivity index (χ4n) is 1.64. The number of hydrogen-bond acceptors (Lipinski definition) is 5. The predicted octanol–water partition coefficient (Wildman–Crippen LogP) is 1.33. The van der Waals surface area contributed by atoms with Gasteiger partial charge in [-0.1, -0.05) is 0 Å². The van der Waals surface area contributed by atoms with Crippen LogP contribution in [0.15, 0.2) is 0 Å². The first-order valence-corrected chi connectivity index (χ1v) is 5.97. The van der Waals surface area contributed by atoms with E-state index in [9.17, 15) is 14.4 Å². The molecule has 1 atom stereocenters. The lowest BCUT2D eigenvalue weighted by molar-refractivity contribution is -0.152. The maximum Gasteiger partial charge on any atom is 0.417 e. The maximum absolute atomic E-state index is 11.9. The summed E-state index contributed by atoms with van der Waals surface area (Å²) in [6, 6.07) is 0. The molecule has 18 heavy (non-hydrogen) atoms. The second kappa shape index (κ2) is 5.37. The Morgan fingerprint density at radius 3 is 2.50 bits per heavy atom. The van der Waals surface area contributed by atoms with Crippen LogP contribution in [0.4, 0.5) is 4.79 Å². The second-order valence-electron chi connectivity index (χ2n) is 5.06. The predicted molar refractivity (Wildman–Crippen MR) is 62.7 cm³/mol. The molecule has 6 nitrogen and oxygen atoms in total. The van der Waals surface area contributed by atoms with Crippen LogP contribution in [-0.4, -0.2) is 41.6 Å². The van der Waals surface area contributed by atoms with Crippen LogP contribution in [-0.2, 0) is 19.1 Å². The fourth-order valence-corrected chi connectivity index (χ4v) is 1.64. The number of rotatable bonds is 2. The molecule has 1 saturated heterocycles. The Morgan fingerprint density at radius 2 is 2.00 bits per heavy atom. The molecule has 1 fully saturated rings. The summed E-state index contributed by atoms with van der Waals surface area (Å²) >= 11 is 0. The van der Waals surface area contributed by atoms with Crippen molar-refractivity contribution in [2.75, 3.05) is 13.2 Å². The molecule has 0 aromatic carbocycles. The largest absolute Gasteiger partial charge is 0.465 e. The van der Waals surface area contributed by atoms with Crippen molar-refractivity contribution < 1.29 is 23.9 Å². The number of nitrogens with zero attached hydrogens (tertiary/aromatic N) is 1. The average molecular weight is 257 g/mol. The van der Waals surface area contributed by atoms with Gasteiger partial charge in [0.25, 0.3) is 0 Å². The summed E-state index contributed by atoms with van der Waals surface area (Å²) in [5.41, 5.74) is -0.667. The van der Waals surface area contributed by atoms with E-state index in [0.717, 1.165) is 4.90 Å². The third-order valence-electron chi connectivity index (χ3n) is 2.39. The van der Waals surface area contributed by atoms with Gasteiger partial charge in [-0.2, -0.15) is 0 Å². The fraction of sp³-hybridized carbons (Fsp3) is 0.750. The van der Waals surface area contributed by atoms with Crippen LogP contribution in [0.5, 0.6) is 0 Å². The molecule has 6 heteroatoms. The molecule has 1 heterocycles. The number of ether oxygens (including phenoxy) is 2. The summed E-state index contributed by atoms with van der Waals surface area (Å²) in [5.74, 6) is -1.99. The molecule has 1 aliphatic rings. The monoisotopic (exact) mass is 257 g/mol. The number of carbonyl (C=O) groups is 3. The van der Waals surface area contributed by atoms with Crippen LogP contribution in [0.1, 0.15) is 34.1 Å². The number of imide groups is 1. The Labute approximate surface area is 106 Å². The van der Waals surface area contributed by atoms with Crippen LogP contribution in [0.3, 0.4) is 0 Å². The van der Waals surface area contributed by atoms with E-state index in [1.165, 1.54) is 0 Å². The van der Waals surface area contributed by atoms with Gasteiger partial charge in [-0.15, -0.1) is 0 Å². The first kappa shape index (κ1) is 14.5. The Hall–Kier alpha value is -1.59. The van der Waals surface area contributed by atoms with Gasteiger partial charge in [-0.3, -0.25) is 9.59 Å². The zero-order valence-electron chi connectivity index (χ0n) is 11.2. The molecule has 0 bridgehead atoms. The Balaban J connectivity index is 2.65. The van der Waals surface area contributed by atoms with Gasteiger partial charge in [0.1, 0.15) is 11.5 Å². The third kappa shape index (κ3) is 3.45. The lowest BCUT2D eigenvalue weighted by Crippen LogP contribution is -2.39. The van der Waals surface area contributed by atoms with Crippen LogP contribution in [0.2, 0.25) is 0 Å². The van der Waals surface area contributed by atoms with Crippen molar-refractivity contribution in [2.45, 2.75) is 39.7 Å². The van der Waals surface area contributed by atoms with E-state index in [-0.39, 0.29) is 19.6 Å². The van der Waals surface area contributed by atoms with Gasteiger partial charge in [0.2, 0.25) is 5.91 Å². The Morgan fingerprint density at radius 1 is 1.39 bits per heavy atom. The molecular formula is C12H19NO5. The molecule has 1 rings (SSSR count). The summed E-state index contributed by atoms with van der Waals surface area (Å²) in [4.78, 5) is 36.1. The number of esters is 1. The molecule has 0 radical (unpaired) electrons. The van der Waals surface area contributed by atoms with E-state index in [4.69, 9.17) is 9.47 Å². The molecule has 1 aliphatic heterocycles. The molecule has 0 saturated carbocycles. The standard InChI is InChI=1S/C12H19NO5/c1-5-17-10(15)8-6-7-13(9(8)14)11(16)18-12(2,3)4/h8H,5-7H2,1-4H3/t8-/m0/s1. The van der Waals surface area contributed by atoms with Crippen LogP contribution < -0.4 is 0 Å². The minimum Gasteiger partial charge on any atom is -0.465 e. The van der Waals surface area contributed by atoms with Gasteiger partial charge in [0, 0.05) is 6.54 Å². The molecule has 0 spiro atoms. The Kier molecular flexibility index (Phi) is 4.32. The first-order chi connectivity index (χ1) is 8.26. The highest BCUT2D eigenvalue weighted by Gasteiger charge is 2.42. The lowest BCUT2D eigenvalue weighted by atomic mass is 10.1. The van der Waals surface area contributed by atoms with Crippen molar-refractivity contribution in [3.05, 3.63) is 0 Å². The second-order valence-corrected chi connectivity index (χ2v) is 5.06. The normalized spacial score (nSPS) is 19.9. The van der Waals surface area contributed by atoms with E-state index in [1.54, 1.807) is 27.7 Å². The molecule has 0 unspecified atom stereocenters. The zero-order chi connectivity index (χ0) is 13.9. The number of carbonyl (C=O) groups excluding carboxylic acids is 3. The van der Waals surface area contributed by atoms with Crippen molar-refractivity contribution in [3.63, 3.8) is 0 Å². The van der Waals surface area contributed by atoms with E-state index < -0.39 is 29.5 Å². The zero-order valence-corrected chi connectivity index (χ0v) is 11.2. The SMILES string of the molecule is CCOC(=O)[C@H]1CCN(C(=O)OC(C)(C)C)C1=O. The molecule has 102 valence electrons. The molecule has 0 N–H and O–H groups in total. The third-order valence-corrected chi connectivity index (χ3v) is 2.39. The van der Waals surface area contributed by atoms with Crippen molar-refractivity contribution in [3.8, 4) is 0 Å². The van der Waals surface area contributed by atoms with Crippen LogP contribution >= 0.6 is 0 Å². The molecule has 2 amide bonds. The summed E-state index contributed by atoms with van der Waals surface area (Å²) in [6.45, 7) is 7.23. The van der Waals surface area contributed by atoms with Gasteiger partial charge < -0.3 is 9.47 Å². The van der Waals surface area contributed by atoms with E-state index in [1.807, 2.05) is 0 Å². The highest BCUT2D eigenvalue weighted by atomic mass is 16.6. The van der Waals surface area contributed by atoms with Gasteiger partial charge in [-0.25, -0.2) is 9.69 Å². The summed E-state index contributed by atoms with van der Waals surface area (Å²) in [6.07, 6.45) is -0.420. The van der Waals surface area contributed by atoms with E-state index in [0.29, 0.717) is 0 Å². The number of hydrogen-bond donors (Lipinski definition) is 0. The van der Waals surface area contributed by atoms with Gasteiger partial charge in [-0.05, 0) is 34.1 Å². The van der Waals surface area contributed by atoms with Crippen LogP contribution in [0.25, 0.3) is 0 Å². The summed E-state index contributed by atoms with van der Waals surface area (Å²) in [7, 11) is 0. The lowest BCUT2D eigenvalue weighted by Gasteiger charge is -2.23.